The van der Waals surface area contributed by atoms with Crippen LogP contribution < -0.4 is 10.6 Å². The number of imide groups is 1. The molecule has 1 atom stereocenters. The Morgan fingerprint density at radius 1 is 1.07 bits per heavy atom. The van der Waals surface area contributed by atoms with Crippen LogP contribution in [0.15, 0.2) is 54.6 Å². The molecule has 1 saturated heterocycles. The lowest BCUT2D eigenvalue weighted by molar-refractivity contribution is -0.156. The molecule has 2 aromatic rings. The van der Waals surface area contributed by atoms with Crippen molar-refractivity contribution in [3.8, 4) is 11.1 Å². The summed E-state index contributed by atoms with van der Waals surface area (Å²) >= 11 is 0. The molecule has 1 aliphatic heterocycles. The molecule has 0 saturated carbocycles. The smallest absolute Gasteiger partial charge is 0.326 e. The van der Waals surface area contributed by atoms with Gasteiger partial charge in [0.1, 0.15) is 6.54 Å². The third-order valence-electron chi connectivity index (χ3n) is 4.43. The lowest BCUT2D eigenvalue weighted by atomic mass is 10.0. The summed E-state index contributed by atoms with van der Waals surface area (Å²) in [5, 5.41) is 4.96. The number of ether oxygens (including phenoxy) is 1. The standard InChI is InChI=1S/C21H21N3O5/c1-14(20(27)24-12-11-22-21(24)28)29-18(25)13-23-19(26)17-9-7-16(8-10-17)15-5-3-2-4-6-15/h2-10,14H,11-13H2,1H3,(H,22,28)(H,23,26). The van der Waals surface area contributed by atoms with Crippen LogP contribution in [0, 0.1) is 0 Å². The lowest BCUT2D eigenvalue weighted by Crippen LogP contribution is -2.43. The van der Waals surface area contributed by atoms with Gasteiger partial charge in [-0.25, -0.2) is 4.79 Å². The molecule has 0 spiro atoms. The summed E-state index contributed by atoms with van der Waals surface area (Å²) in [6.07, 6.45) is -1.12. The molecule has 0 aliphatic carbocycles. The number of hydrogen-bond donors (Lipinski definition) is 2. The number of esters is 1. The number of benzene rings is 2. The van der Waals surface area contributed by atoms with E-state index in [0.29, 0.717) is 12.1 Å². The molecular weight excluding hydrogens is 374 g/mol. The number of urea groups is 1. The molecule has 2 N–H and O–H groups in total. The molecule has 8 heteroatoms. The predicted molar refractivity (Wildman–Crippen MR) is 105 cm³/mol. The molecule has 1 unspecified atom stereocenters. The second-order valence-corrected chi connectivity index (χ2v) is 6.48. The van der Waals surface area contributed by atoms with Gasteiger partial charge in [0.15, 0.2) is 6.10 Å². The van der Waals surface area contributed by atoms with Crippen LogP contribution in [0.5, 0.6) is 0 Å². The molecule has 8 nitrogen and oxygen atoms in total. The van der Waals surface area contributed by atoms with Gasteiger partial charge in [-0.15, -0.1) is 0 Å². The number of carbonyl (C=O) groups is 4. The maximum Gasteiger partial charge on any atom is 0.326 e. The summed E-state index contributed by atoms with van der Waals surface area (Å²) in [5.41, 5.74) is 2.41. The number of carbonyl (C=O) groups excluding carboxylic acids is 4. The summed E-state index contributed by atoms with van der Waals surface area (Å²) in [6.45, 7) is 1.60. The van der Waals surface area contributed by atoms with Crippen molar-refractivity contribution in [1.82, 2.24) is 15.5 Å². The first kappa shape index (κ1) is 20.1. The monoisotopic (exact) mass is 395 g/mol. The van der Waals surface area contributed by atoms with Crippen LogP contribution in [0.2, 0.25) is 0 Å². The van der Waals surface area contributed by atoms with Crippen molar-refractivity contribution in [3.63, 3.8) is 0 Å². The van der Waals surface area contributed by atoms with Crippen LogP contribution in [0.4, 0.5) is 4.79 Å². The Labute approximate surface area is 167 Å². The van der Waals surface area contributed by atoms with Crippen LogP contribution in [0.25, 0.3) is 11.1 Å². The van der Waals surface area contributed by atoms with Gasteiger partial charge in [0.2, 0.25) is 0 Å². The number of nitrogens with one attached hydrogen (secondary N) is 2. The van der Waals surface area contributed by atoms with Gasteiger partial charge >= 0.3 is 12.0 Å². The topological polar surface area (TPSA) is 105 Å². The minimum atomic E-state index is -1.12. The zero-order chi connectivity index (χ0) is 20.8. The maximum absolute atomic E-state index is 12.2. The van der Waals surface area contributed by atoms with Crippen molar-refractivity contribution >= 4 is 23.8 Å². The molecule has 1 aliphatic rings. The molecule has 1 heterocycles. The van der Waals surface area contributed by atoms with Crippen molar-refractivity contribution < 1.29 is 23.9 Å². The van der Waals surface area contributed by atoms with E-state index in [1.54, 1.807) is 12.1 Å². The summed E-state index contributed by atoms with van der Waals surface area (Å²) in [5.74, 6) is -1.80. The summed E-state index contributed by atoms with van der Waals surface area (Å²) < 4.78 is 5.01. The molecule has 0 radical (unpaired) electrons. The van der Waals surface area contributed by atoms with E-state index in [-0.39, 0.29) is 13.1 Å². The molecule has 1 fully saturated rings. The van der Waals surface area contributed by atoms with Crippen LogP contribution >= 0.6 is 0 Å². The quantitative estimate of drug-likeness (QED) is 0.723. The SMILES string of the molecule is CC(OC(=O)CNC(=O)c1ccc(-c2ccccc2)cc1)C(=O)N1CCNC1=O. The Morgan fingerprint density at radius 3 is 2.34 bits per heavy atom. The lowest BCUT2D eigenvalue weighted by Gasteiger charge is -2.18. The fourth-order valence-electron chi connectivity index (χ4n) is 2.89. The second-order valence-electron chi connectivity index (χ2n) is 6.48. The fraction of sp³-hybridized carbons (Fsp3) is 0.238. The number of nitrogens with zero attached hydrogens (tertiary/aromatic N) is 1. The van der Waals surface area contributed by atoms with E-state index < -0.39 is 29.9 Å². The van der Waals surface area contributed by atoms with E-state index >= 15 is 0 Å². The highest BCUT2D eigenvalue weighted by Crippen LogP contribution is 2.19. The van der Waals surface area contributed by atoms with Gasteiger partial charge in [-0.1, -0.05) is 42.5 Å². The fourth-order valence-corrected chi connectivity index (χ4v) is 2.89. The molecule has 0 bridgehead atoms. The number of amides is 4. The van der Waals surface area contributed by atoms with Gasteiger partial charge < -0.3 is 15.4 Å². The average Bonchev–Trinajstić information content (AvgIpc) is 3.18. The molecule has 150 valence electrons. The number of rotatable bonds is 6. The minimum absolute atomic E-state index is 0.231. The largest absolute Gasteiger partial charge is 0.451 e. The van der Waals surface area contributed by atoms with Crippen LogP contribution in [0.3, 0.4) is 0 Å². The van der Waals surface area contributed by atoms with Crippen LogP contribution in [0.1, 0.15) is 17.3 Å². The first-order valence-electron chi connectivity index (χ1n) is 9.18. The Kier molecular flexibility index (Phi) is 6.23. The van der Waals surface area contributed by atoms with Crippen LogP contribution in [-0.2, 0) is 14.3 Å². The maximum atomic E-state index is 12.2. The first-order chi connectivity index (χ1) is 14.0. The molecule has 3 rings (SSSR count). The van der Waals surface area contributed by atoms with E-state index in [0.717, 1.165) is 16.0 Å². The molecule has 0 aromatic heterocycles. The second kappa shape index (κ2) is 9.01. The van der Waals surface area contributed by atoms with Gasteiger partial charge in [0, 0.05) is 18.7 Å². The van der Waals surface area contributed by atoms with Gasteiger partial charge in [0.05, 0.1) is 0 Å². The summed E-state index contributed by atoms with van der Waals surface area (Å²) in [4.78, 5) is 48.7. The van der Waals surface area contributed by atoms with E-state index in [2.05, 4.69) is 10.6 Å². The van der Waals surface area contributed by atoms with E-state index in [4.69, 9.17) is 4.74 Å². The molecule has 2 aromatic carbocycles. The zero-order valence-corrected chi connectivity index (χ0v) is 15.9. The summed E-state index contributed by atoms with van der Waals surface area (Å²) in [7, 11) is 0. The Bertz CT molecular complexity index is 912. The van der Waals surface area contributed by atoms with E-state index in [1.807, 2.05) is 42.5 Å². The van der Waals surface area contributed by atoms with Crippen molar-refractivity contribution in [1.29, 1.82) is 0 Å². The third kappa shape index (κ3) is 4.98. The molecular formula is C21H21N3O5. The highest BCUT2D eigenvalue weighted by molar-refractivity contribution is 5.99. The predicted octanol–water partition coefficient (Wildman–Crippen LogP) is 1.57. The van der Waals surface area contributed by atoms with Gasteiger partial charge in [0.25, 0.3) is 11.8 Å². The van der Waals surface area contributed by atoms with Crippen molar-refractivity contribution in [2.24, 2.45) is 0 Å². The normalized spacial score (nSPS) is 14.1. The van der Waals surface area contributed by atoms with Crippen LogP contribution in [-0.4, -0.2) is 54.5 Å². The van der Waals surface area contributed by atoms with Crippen molar-refractivity contribution in [2.75, 3.05) is 19.6 Å². The molecule has 29 heavy (non-hydrogen) atoms. The number of hydrogen-bond acceptors (Lipinski definition) is 5. The van der Waals surface area contributed by atoms with Gasteiger partial charge in [-0.3, -0.25) is 19.3 Å². The van der Waals surface area contributed by atoms with Gasteiger partial charge in [-0.2, -0.15) is 0 Å². The zero-order valence-electron chi connectivity index (χ0n) is 15.9. The Morgan fingerprint density at radius 2 is 1.72 bits per heavy atom. The highest BCUT2D eigenvalue weighted by atomic mass is 16.5. The Balaban J connectivity index is 1.49. The average molecular weight is 395 g/mol. The summed E-state index contributed by atoms with van der Waals surface area (Å²) in [6, 6.07) is 16.2. The van der Waals surface area contributed by atoms with Gasteiger partial charge in [-0.05, 0) is 30.2 Å². The Hall–Kier alpha value is -3.68. The van der Waals surface area contributed by atoms with Crippen molar-refractivity contribution in [2.45, 2.75) is 13.0 Å². The molecule has 4 amide bonds. The first-order valence-corrected chi connectivity index (χ1v) is 9.18. The third-order valence-corrected chi connectivity index (χ3v) is 4.43. The minimum Gasteiger partial charge on any atom is -0.451 e. The van der Waals surface area contributed by atoms with E-state index in [9.17, 15) is 19.2 Å². The highest BCUT2D eigenvalue weighted by Gasteiger charge is 2.31. The van der Waals surface area contributed by atoms with E-state index in [1.165, 1.54) is 6.92 Å². The van der Waals surface area contributed by atoms with Crippen molar-refractivity contribution in [3.05, 3.63) is 60.2 Å².